The number of aromatic nitrogens is 3. The summed E-state index contributed by atoms with van der Waals surface area (Å²) in [5.41, 5.74) is 3.22. The zero-order valence-electron chi connectivity index (χ0n) is 13.4. The molecule has 5 rings (SSSR count). The number of nitrogens with one attached hydrogen (secondary N) is 1. The summed E-state index contributed by atoms with van der Waals surface area (Å²) in [4.78, 5) is 20.3. The highest BCUT2D eigenvalue weighted by Gasteiger charge is 2.12. The topological polar surface area (TPSA) is 63.8 Å². The quantitative estimate of drug-likeness (QED) is 0.520. The zero-order chi connectivity index (χ0) is 17.7. The molecule has 0 saturated carbocycles. The van der Waals surface area contributed by atoms with Crippen LogP contribution in [0.5, 0.6) is 0 Å². The average Bonchev–Trinajstić information content (AvgIpc) is 3.23. The summed E-state index contributed by atoms with van der Waals surface area (Å²) in [6.07, 6.45) is 0. The van der Waals surface area contributed by atoms with Crippen LogP contribution >= 0.6 is 0 Å². The third kappa shape index (κ3) is 2.23. The van der Waals surface area contributed by atoms with Crippen molar-refractivity contribution in [3.05, 3.63) is 82.9 Å². The van der Waals surface area contributed by atoms with Crippen molar-refractivity contribution in [1.29, 1.82) is 0 Å². The van der Waals surface area contributed by atoms with Gasteiger partial charge >= 0.3 is 0 Å². The lowest BCUT2D eigenvalue weighted by atomic mass is 10.2. The van der Waals surface area contributed by atoms with Crippen molar-refractivity contribution in [2.45, 2.75) is 0 Å². The summed E-state index contributed by atoms with van der Waals surface area (Å²) in [6, 6.07) is 18.6. The maximum atomic E-state index is 13.1. The first-order valence-electron chi connectivity index (χ1n) is 8.06. The van der Waals surface area contributed by atoms with E-state index in [0.29, 0.717) is 22.5 Å². The summed E-state index contributed by atoms with van der Waals surface area (Å²) in [5.74, 6) is 0.338. The fourth-order valence-electron chi connectivity index (χ4n) is 3.01. The van der Waals surface area contributed by atoms with Crippen molar-refractivity contribution in [1.82, 2.24) is 14.7 Å². The minimum atomic E-state index is -0.295. The lowest BCUT2D eigenvalue weighted by molar-refractivity contribution is 0.368. The van der Waals surface area contributed by atoms with Gasteiger partial charge in [-0.15, -0.1) is 4.74 Å². The third-order valence-corrected chi connectivity index (χ3v) is 4.31. The summed E-state index contributed by atoms with van der Waals surface area (Å²) in [7, 11) is 0. The molecule has 0 amide bonds. The molecule has 0 fully saturated rings. The molecule has 0 bridgehead atoms. The molecule has 0 aliphatic heterocycles. The molecule has 0 atom stereocenters. The van der Waals surface area contributed by atoms with Crippen LogP contribution in [-0.2, 0) is 0 Å². The Morgan fingerprint density at radius 1 is 1.00 bits per heavy atom. The number of benzene rings is 3. The van der Waals surface area contributed by atoms with Crippen LogP contribution in [0.4, 0.5) is 4.39 Å². The first kappa shape index (κ1) is 14.7. The van der Waals surface area contributed by atoms with E-state index in [2.05, 4.69) is 9.97 Å². The average molecular weight is 345 g/mol. The van der Waals surface area contributed by atoms with Crippen LogP contribution in [0.3, 0.4) is 0 Å². The number of fused-ring (bicyclic) bond motifs is 2. The Balaban J connectivity index is 1.64. The molecular formula is C20H12FN3O2. The molecule has 0 aliphatic rings. The molecule has 0 spiro atoms. The minimum Gasteiger partial charge on any atom is -0.371 e. The number of rotatable bonds is 2. The minimum absolute atomic E-state index is 0.210. The molecule has 0 aliphatic carbocycles. The summed E-state index contributed by atoms with van der Waals surface area (Å²) in [6.45, 7) is 0. The monoisotopic (exact) mass is 345 g/mol. The van der Waals surface area contributed by atoms with E-state index >= 15 is 0 Å². The van der Waals surface area contributed by atoms with Crippen LogP contribution in [0.15, 0.2) is 76.0 Å². The van der Waals surface area contributed by atoms with Gasteiger partial charge in [0.25, 0.3) is 5.56 Å². The van der Waals surface area contributed by atoms with Crippen LogP contribution in [0.1, 0.15) is 0 Å². The number of nitrogens with zero attached hydrogens (tertiary/aromatic N) is 2. The summed E-state index contributed by atoms with van der Waals surface area (Å²) < 4.78 is 20.0. The predicted molar refractivity (Wildman–Crippen MR) is 96.9 cm³/mol. The number of aromatic amines is 1. The second-order valence-electron chi connectivity index (χ2n) is 5.98. The molecule has 5 nitrogen and oxygen atoms in total. The lowest BCUT2D eigenvalue weighted by Crippen LogP contribution is -2.11. The number of hydrogen-bond acceptors (Lipinski definition) is 3. The van der Waals surface area contributed by atoms with Crippen LogP contribution in [0, 0.1) is 5.82 Å². The van der Waals surface area contributed by atoms with Gasteiger partial charge in [0.2, 0.25) is 0 Å². The largest absolute Gasteiger partial charge is 0.371 e. The van der Waals surface area contributed by atoms with Crippen molar-refractivity contribution in [2.75, 3.05) is 0 Å². The van der Waals surface area contributed by atoms with Gasteiger partial charge in [-0.3, -0.25) is 4.79 Å². The van der Waals surface area contributed by atoms with E-state index in [-0.39, 0.29) is 11.4 Å². The maximum Gasteiger partial charge on any atom is 0.295 e. The molecule has 1 N–H and O–H groups in total. The Kier molecular flexibility index (Phi) is 3.05. The van der Waals surface area contributed by atoms with Crippen LogP contribution in [-0.4, -0.2) is 14.7 Å². The first-order valence-corrected chi connectivity index (χ1v) is 8.06. The van der Waals surface area contributed by atoms with Gasteiger partial charge < -0.3 is 9.51 Å². The molecule has 6 heteroatoms. The fraction of sp³-hybridized carbons (Fsp3) is 0. The number of para-hydroxylation sites is 1. The van der Waals surface area contributed by atoms with E-state index in [1.54, 1.807) is 42.5 Å². The van der Waals surface area contributed by atoms with Gasteiger partial charge in [-0.05, 0) is 54.6 Å². The van der Waals surface area contributed by atoms with Gasteiger partial charge in [0.05, 0.1) is 22.1 Å². The van der Waals surface area contributed by atoms with Gasteiger partial charge in [-0.2, -0.15) is 0 Å². The smallest absolute Gasteiger partial charge is 0.295 e. The van der Waals surface area contributed by atoms with Crippen LogP contribution in [0.25, 0.3) is 39.1 Å². The Morgan fingerprint density at radius 3 is 2.62 bits per heavy atom. The van der Waals surface area contributed by atoms with Gasteiger partial charge in [0, 0.05) is 5.56 Å². The molecule has 0 unspecified atom stereocenters. The van der Waals surface area contributed by atoms with E-state index < -0.39 is 0 Å². The zero-order valence-corrected chi connectivity index (χ0v) is 13.4. The van der Waals surface area contributed by atoms with E-state index in [9.17, 15) is 9.18 Å². The van der Waals surface area contributed by atoms with E-state index in [4.69, 9.17) is 4.52 Å². The number of hydrogen-bond donors (Lipinski definition) is 1. The summed E-state index contributed by atoms with van der Waals surface area (Å²) in [5, 5.41) is 0.532. The molecule has 0 radical (unpaired) electrons. The molecular weight excluding hydrogens is 333 g/mol. The second kappa shape index (κ2) is 5.42. The third-order valence-electron chi connectivity index (χ3n) is 4.31. The Hall–Kier alpha value is -3.67. The van der Waals surface area contributed by atoms with E-state index in [1.807, 2.05) is 12.1 Å². The number of H-pyrrole nitrogens is 1. The molecule has 0 saturated heterocycles. The fourth-order valence-corrected chi connectivity index (χ4v) is 3.01. The Bertz CT molecular complexity index is 1310. The van der Waals surface area contributed by atoms with Gasteiger partial charge in [0.15, 0.2) is 5.58 Å². The highest BCUT2D eigenvalue weighted by atomic mass is 19.1. The highest BCUT2D eigenvalue weighted by Crippen LogP contribution is 2.23. The normalized spacial score (nSPS) is 11.4. The molecule has 126 valence electrons. The van der Waals surface area contributed by atoms with Crippen molar-refractivity contribution in [3.8, 4) is 17.1 Å². The standard InChI is InChI=1S/C20H12FN3O2/c21-13-7-5-12(6-8-13)19-22-16-10-9-14(11-17(16)23-19)24-20(25)15-3-1-2-4-18(15)26-24/h1-11H,(H,22,23). The molecule has 5 aromatic rings. The first-order chi connectivity index (χ1) is 12.7. The molecule has 3 aromatic carbocycles. The maximum absolute atomic E-state index is 13.1. The number of halogens is 1. The SMILES string of the molecule is O=c1c2ccccc2on1-c1ccc2nc(-c3ccc(F)cc3)[nH]c2c1. The molecule has 26 heavy (non-hydrogen) atoms. The lowest BCUT2D eigenvalue weighted by Gasteiger charge is -1.98. The molecule has 2 aromatic heterocycles. The van der Waals surface area contributed by atoms with E-state index in [1.165, 1.54) is 16.9 Å². The van der Waals surface area contributed by atoms with Crippen molar-refractivity contribution < 1.29 is 8.91 Å². The van der Waals surface area contributed by atoms with Crippen molar-refractivity contribution in [3.63, 3.8) is 0 Å². The Morgan fingerprint density at radius 2 is 1.81 bits per heavy atom. The number of imidazole rings is 1. The van der Waals surface area contributed by atoms with E-state index in [0.717, 1.165) is 16.6 Å². The van der Waals surface area contributed by atoms with Gasteiger partial charge in [-0.1, -0.05) is 12.1 Å². The van der Waals surface area contributed by atoms with Crippen molar-refractivity contribution in [2.24, 2.45) is 0 Å². The van der Waals surface area contributed by atoms with Crippen molar-refractivity contribution >= 4 is 22.0 Å². The van der Waals surface area contributed by atoms with Crippen LogP contribution < -0.4 is 5.56 Å². The van der Waals surface area contributed by atoms with Crippen LogP contribution in [0.2, 0.25) is 0 Å². The summed E-state index contributed by atoms with van der Waals surface area (Å²) >= 11 is 0. The van der Waals surface area contributed by atoms with Gasteiger partial charge in [0.1, 0.15) is 11.6 Å². The predicted octanol–water partition coefficient (Wildman–Crippen LogP) is 4.27. The van der Waals surface area contributed by atoms with Gasteiger partial charge in [-0.25, -0.2) is 9.37 Å². The second-order valence-corrected chi connectivity index (χ2v) is 5.98. The Labute approximate surface area is 146 Å². The highest BCUT2D eigenvalue weighted by molar-refractivity contribution is 5.82. The molecule has 2 heterocycles.